The van der Waals surface area contributed by atoms with E-state index < -0.39 is 0 Å². The molecule has 2 aliphatic rings. The molecule has 1 amide bonds. The van der Waals surface area contributed by atoms with Crippen LogP contribution in [0.15, 0.2) is 29.5 Å². The number of carbonyl (C=O) groups excluding carboxylic acids is 1. The first-order valence-corrected chi connectivity index (χ1v) is 10.9. The molecule has 0 radical (unpaired) electrons. The predicted molar refractivity (Wildman–Crippen MR) is 120 cm³/mol. The Labute approximate surface area is 184 Å². The van der Waals surface area contributed by atoms with Crippen LogP contribution in [0.25, 0.3) is 0 Å². The van der Waals surface area contributed by atoms with E-state index in [1.807, 2.05) is 24.8 Å². The Kier molecular flexibility index (Phi) is 5.28. The van der Waals surface area contributed by atoms with Gasteiger partial charge in [-0.25, -0.2) is 0 Å². The molecule has 0 N–H and O–H groups in total. The maximum Gasteiger partial charge on any atom is 0.264 e. The second-order valence-electron chi connectivity index (χ2n) is 10.5. The van der Waals surface area contributed by atoms with Crippen molar-refractivity contribution in [1.29, 1.82) is 0 Å². The van der Waals surface area contributed by atoms with Gasteiger partial charge in [-0.3, -0.25) is 19.6 Å². The molecule has 2 aromatic heterocycles. The lowest BCUT2D eigenvalue weighted by Crippen LogP contribution is -2.57. The van der Waals surface area contributed by atoms with Gasteiger partial charge in [-0.15, -0.1) is 0 Å². The number of carbonyl (C=O) groups is 1. The van der Waals surface area contributed by atoms with Crippen LogP contribution in [0.2, 0.25) is 0 Å². The Morgan fingerprint density at radius 2 is 1.97 bits per heavy atom. The van der Waals surface area contributed by atoms with Crippen molar-refractivity contribution in [2.24, 2.45) is 16.7 Å². The number of rotatable bonds is 5. The van der Waals surface area contributed by atoms with Gasteiger partial charge in [0.1, 0.15) is 5.56 Å². The normalized spacial score (nSPS) is 24.2. The monoisotopic (exact) mass is 423 g/mol. The van der Waals surface area contributed by atoms with Gasteiger partial charge in [0.25, 0.3) is 11.5 Å². The molecule has 0 bridgehead atoms. The fourth-order valence-electron chi connectivity index (χ4n) is 6.01. The van der Waals surface area contributed by atoms with E-state index in [1.165, 1.54) is 0 Å². The molecule has 1 saturated heterocycles. The summed E-state index contributed by atoms with van der Waals surface area (Å²) < 4.78 is 1.56. The topological polar surface area (TPSA) is 71.3 Å². The van der Waals surface area contributed by atoms with E-state index in [2.05, 4.69) is 42.8 Å². The number of aryl methyl sites for hydroxylation is 2. The van der Waals surface area contributed by atoms with Crippen molar-refractivity contribution in [2.45, 2.75) is 40.7 Å². The third-order valence-corrected chi connectivity index (χ3v) is 7.07. The van der Waals surface area contributed by atoms with Gasteiger partial charge in [0.15, 0.2) is 0 Å². The molecule has 2 atom stereocenters. The number of amides is 1. The highest BCUT2D eigenvalue weighted by atomic mass is 16.2. The van der Waals surface area contributed by atoms with E-state index in [0.29, 0.717) is 18.2 Å². The zero-order valence-corrected chi connectivity index (χ0v) is 19.5. The minimum atomic E-state index is -0.257. The van der Waals surface area contributed by atoms with Crippen LogP contribution in [0.1, 0.15) is 47.6 Å². The fourth-order valence-corrected chi connectivity index (χ4v) is 6.01. The molecular formula is C24H33N5O2. The van der Waals surface area contributed by atoms with Crippen molar-refractivity contribution in [3.8, 4) is 0 Å². The van der Waals surface area contributed by atoms with Gasteiger partial charge in [0, 0.05) is 37.4 Å². The fraction of sp³-hybridized carbons (Fsp3) is 0.583. The summed E-state index contributed by atoms with van der Waals surface area (Å²) in [6.45, 7) is 11.0. The first-order valence-electron chi connectivity index (χ1n) is 10.9. The van der Waals surface area contributed by atoms with Gasteiger partial charge in [-0.2, -0.15) is 0 Å². The van der Waals surface area contributed by atoms with Crippen LogP contribution < -0.4 is 5.56 Å². The Morgan fingerprint density at radius 3 is 2.58 bits per heavy atom. The molecule has 0 spiro atoms. The van der Waals surface area contributed by atoms with Crippen molar-refractivity contribution in [3.05, 3.63) is 57.5 Å². The molecule has 1 aliphatic carbocycles. The third kappa shape index (κ3) is 3.80. The molecule has 1 aliphatic heterocycles. The van der Waals surface area contributed by atoms with E-state index in [9.17, 15) is 9.59 Å². The highest BCUT2D eigenvalue weighted by Crippen LogP contribution is 2.62. The third-order valence-electron chi connectivity index (χ3n) is 7.07. The summed E-state index contributed by atoms with van der Waals surface area (Å²) in [5, 5.41) is 0. The van der Waals surface area contributed by atoms with Gasteiger partial charge in [0.05, 0.1) is 24.1 Å². The van der Waals surface area contributed by atoms with Crippen molar-refractivity contribution < 1.29 is 4.79 Å². The quantitative estimate of drug-likeness (QED) is 0.738. The zero-order chi connectivity index (χ0) is 22.6. The first-order chi connectivity index (χ1) is 14.5. The van der Waals surface area contributed by atoms with E-state index in [-0.39, 0.29) is 27.9 Å². The number of hydrogen-bond donors (Lipinski definition) is 0. The maximum atomic E-state index is 13.6. The highest BCUT2D eigenvalue weighted by Gasteiger charge is 2.63. The molecule has 166 valence electrons. The second kappa shape index (κ2) is 7.55. The van der Waals surface area contributed by atoms with Gasteiger partial charge >= 0.3 is 0 Å². The summed E-state index contributed by atoms with van der Waals surface area (Å²) in [5.41, 5.74) is 2.62. The van der Waals surface area contributed by atoms with E-state index in [4.69, 9.17) is 0 Å². The van der Waals surface area contributed by atoms with Crippen molar-refractivity contribution in [2.75, 3.05) is 33.7 Å². The van der Waals surface area contributed by atoms with Crippen LogP contribution in [-0.2, 0) is 6.54 Å². The standard InChI is InChI=1S/C24H33N5O2/c1-16-7-8-28(11-18-10-25-17(2)9-26-18)21(30)20(16)22(31)29-12-19-23(3,4)13-24(19,15-29)14-27(5)6/h7-10,19H,11-15H2,1-6H3/t19-,24+/m1/s1. The molecule has 4 rings (SSSR count). The minimum Gasteiger partial charge on any atom is -0.338 e. The maximum absolute atomic E-state index is 13.6. The summed E-state index contributed by atoms with van der Waals surface area (Å²) in [4.78, 5) is 39.6. The predicted octanol–water partition coefficient (Wildman–Crippen LogP) is 2.35. The van der Waals surface area contributed by atoms with Crippen LogP contribution in [0.3, 0.4) is 0 Å². The second-order valence-corrected chi connectivity index (χ2v) is 10.5. The van der Waals surface area contributed by atoms with Crippen LogP contribution in [0.5, 0.6) is 0 Å². The SMILES string of the molecule is Cc1cnc(Cn2ccc(C)c(C(=O)N3C[C@@H]4C(C)(C)C[C@]4(CN(C)C)C3)c2=O)cn1. The van der Waals surface area contributed by atoms with Gasteiger partial charge in [0.2, 0.25) is 0 Å². The zero-order valence-electron chi connectivity index (χ0n) is 19.5. The van der Waals surface area contributed by atoms with Gasteiger partial charge in [-0.05, 0) is 57.3 Å². The van der Waals surface area contributed by atoms with Crippen LogP contribution in [0, 0.1) is 30.6 Å². The molecule has 7 nitrogen and oxygen atoms in total. The largest absolute Gasteiger partial charge is 0.338 e. The lowest BCUT2D eigenvalue weighted by molar-refractivity contribution is -0.0789. The Bertz CT molecular complexity index is 1050. The molecule has 31 heavy (non-hydrogen) atoms. The molecule has 0 aromatic carbocycles. The molecule has 2 fully saturated rings. The average Bonchev–Trinajstić information content (AvgIpc) is 2.99. The van der Waals surface area contributed by atoms with Gasteiger partial charge in [-0.1, -0.05) is 13.8 Å². The lowest BCUT2D eigenvalue weighted by Gasteiger charge is -2.57. The smallest absolute Gasteiger partial charge is 0.264 e. The molecule has 3 heterocycles. The Hall–Kier alpha value is -2.54. The molecule has 1 saturated carbocycles. The molecule has 2 aromatic rings. The first kappa shape index (κ1) is 21.7. The summed E-state index contributed by atoms with van der Waals surface area (Å²) in [5.74, 6) is 0.315. The van der Waals surface area contributed by atoms with Gasteiger partial charge < -0.3 is 14.4 Å². The van der Waals surface area contributed by atoms with Crippen molar-refractivity contribution >= 4 is 5.91 Å². The van der Waals surface area contributed by atoms with E-state index >= 15 is 0 Å². The number of nitrogens with zero attached hydrogens (tertiary/aromatic N) is 5. The highest BCUT2D eigenvalue weighted by molar-refractivity contribution is 5.95. The number of likely N-dealkylation sites (tertiary alicyclic amines) is 1. The van der Waals surface area contributed by atoms with E-state index in [1.54, 1.807) is 23.2 Å². The number of pyridine rings is 1. The van der Waals surface area contributed by atoms with Crippen LogP contribution in [-0.4, -0.2) is 64.0 Å². The Morgan fingerprint density at radius 1 is 1.23 bits per heavy atom. The van der Waals surface area contributed by atoms with Crippen LogP contribution >= 0.6 is 0 Å². The summed E-state index contributed by atoms with van der Waals surface area (Å²) >= 11 is 0. The van der Waals surface area contributed by atoms with Crippen molar-refractivity contribution in [1.82, 2.24) is 24.3 Å². The van der Waals surface area contributed by atoms with Crippen LogP contribution in [0.4, 0.5) is 0 Å². The summed E-state index contributed by atoms with van der Waals surface area (Å²) in [7, 11) is 4.19. The lowest BCUT2D eigenvalue weighted by atomic mass is 9.48. The summed E-state index contributed by atoms with van der Waals surface area (Å²) in [6.07, 6.45) is 6.21. The van der Waals surface area contributed by atoms with E-state index in [0.717, 1.165) is 37.3 Å². The average molecular weight is 424 g/mol. The Balaban J connectivity index is 1.62. The molecule has 0 unspecified atom stereocenters. The number of aromatic nitrogens is 3. The summed E-state index contributed by atoms with van der Waals surface area (Å²) in [6, 6.07) is 1.85. The molecule has 7 heteroatoms. The molecular weight excluding hydrogens is 390 g/mol. The number of fused-ring (bicyclic) bond motifs is 1. The number of hydrogen-bond acceptors (Lipinski definition) is 5. The minimum absolute atomic E-state index is 0.127. The van der Waals surface area contributed by atoms with Crippen molar-refractivity contribution in [3.63, 3.8) is 0 Å².